The van der Waals surface area contributed by atoms with Gasteiger partial charge in [0.15, 0.2) is 0 Å². The van der Waals surface area contributed by atoms with E-state index in [1.54, 1.807) is 17.1 Å². The number of nitrogens with one attached hydrogen (secondary N) is 1. The molecule has 5 nitrogen and oxygen atoms in total. The predicted molar refractivity (Wildman–Crippen MR) is 62.4 cm³/mol. The molecule has 0 aliphatic carbocycles. The molecule has 0 bridgehead atoms. The van der Waals surface area contributed by atoms with Gasteiger partial charge in [0.05, 0.1) is 11.9 Å². The van der Waals surface area contributed by atoms with Gasteiger partial charge in [-0.05, 0) is 6.07 Å². The van der Waals surface area contributed by atoms with Crippen molar-refractivity contribution >= 4 is 6.20 Å². The van der Waals surface area contributed by atoms with Gasteiger partial charge < -0.3 is 5.32 Å². The maximum absolute atomic E-state index is 4.11. The number of nitrogens with zero attached hydrogens (tertiary/aromatic N) is 4. The summed E-state index contributed by atoms with van der Waals surface area (Å²) in [5, 5.41) is 11.5. The van der Waals surface area contributed by atoms with Gasteiger partial charge in [-0.2, -0.15) is 10.2 Å². The first-order valence-electron chi connectivity index (χ1n) is 5.13. The zero-order chi connectivity index (χ0) is 11.4. The van der Waals surface area contributed by atoms with Gasteiger partial charge in [0.1, 0.15) is 0 Å². The van der Waals surface area contributed by atoms with Crippen LogP contribution in [0.25, 0.3) is 6.20 Å². The monoisotopic (exact) mass is 217 g/mol. The van der Waals surface area contributed by atoms with Gasteiger partial charge in [-0.3, -0.25) is 4.68 Å². The molecule has 0 atom stereocenters. The summed E-state index contributed by atoms with van der Waals surface area (Å²) in [6.45, 7) is 5.24. The molecule has 0 amide bonds. The van der Waals surface area contributed by atoms with Crippen molar-refractivity contribution in [1.29, 1.82) is 0 Å². The first-order valence-corrected chi connectivity index (χ1v) is 5.13. The van der Waals surface area contributed by atoms with Crippen molar-refractivity contribution in [1.82, 2.24) is 24.9 Å². The minimum atomic E-state index is 0.791. The van der Waals surface area contributed by atoms with Crippen molar-refractivity contribution in [3.05, 3.63) is 42.5 Å². The fourth-order valence-electron chi connectivity index (χ4n) is 1.48. The molecule has 2 heterocycles. The minimum absolute atomic E-state index is 0.791. The van der Waals surface area contributed by atoms with Gasteiger partial charge in [0.25, 0.3) is 0 Å². The van der Waals surface area contributed by atoms with E-state index in [9.17, 15) is 0 Å². The molecule has 1 N–H and O–H groups in total. The lowest BCUT2D eigenvalue weighted by molar-refractivity contribution is 0.626. The molecular formula is C11H15N5. The molecule has 5 heteroatoms. The summed E-state index contributed by atoms with van der Waals surface area (Å²) in [6.07, 6.45) is 7.25. The molecule has 0 aliphatic heterocycles. The van der Waals surface area contributed by atoms with Crippen LogP contribution >= 0.6 is 0 Å². The van der Waals surface area contributed by atoms with Crippen LogP contribution in [0, 0.1) is 0 Å². The van der Waals surface area contributed by atoms with E-state index in [2.05, 4.69) is 22.1 Å². The van der Waals surface area contributed by atoms with Crippen LogP contribution in [-0.2, 0) is 20.1 Å². The Labute approximate surface area is 94.4 Å². The van der Waals surface area contributed by atoms with Crippen LogP contribution < -0.4 is 5.32 Å². The number of hydrogen-bond donors (Lipinski definition) is 1. The van der Waals surface area contributed by atoms with E-state index in [1.165, 1.54) is 0 Å². The molecule has 0 saturated heterocycles. The third-order valence-electron chi connectivity index (χ3n) is 2.40. The van der Waals surface area contributed by atoms with E-state index in [0.29, 0.717) is 0 Å². The lowest BCUT2D eigenvalue weighted by Crippen LogP contribution is -2.14. The Morgan fingerprint density at radius 2 is 2.31 bits per heavy atom. The fraction of sp³-hybridized carbons (Fsp3) is 0.273. The average molecular weight is 217 g/mol. The second-order valence-electron chi connectivity index (χ2n) is 3.56. The molecule has 0 saturated carbocycles. The van der Waals surface area contributed by atoms with E-state index < -0.39 is 0 Å². The number of hydrogen-bond acceptors (Lipinski definition) is 3. The fourth-order valence-corrected chi connectivity index (χ4v) is 1.48. The smallest absolute Gasteiger partial charge is 0.0538 e. The van der Waals surface area contributed by atoms with Gasteiger partial charge in [-0.25, -0.2) is 4.68 Å². The minimum Gasteiger partial charge on any atom is -0.307 e. The van der Waals surface area contributed by atoms with Crippen LogP contribution in [-0.4, -0.2) is 19.6 Å². The number of rotatable bonds is 5. The van der Waals surface area contributed by atoms with E-state index in [4.69, 9.17) is 0 Å². The highest BCUT2D eigenvalue weighted by Gasteiger charge is 1.99. The zero-order valence-corrected chi connectivity index (χ0v) is 9.30. The lowest BCUT2D eigenvalue weighted by atomic mass is 10.3. The quantitative estimate of drug-likeness (QED) is 0.813. The topological polar surface area (TPSA) is 47.7 Å². The Kier molecular flexibility index (Phi) is 3.16. The highest BCUT2D eigenvalue weighted by atomic mass is 15.3. The van der Waals surface area contributed by atoms with Gasteiger partial charge in [-0.1, -0.05) is 6.58 Å². The molecule has 2 aromatic rings. The van der Waals surface area contributed by atoms with Crippen molar-refractivity contribution < 1.29 is 0 Å². The van der Waals surface area contributed by atoms with Crippen LogP contribution in [0.4, 0.5) is 0 Å². The SMILES string of the molecule is C=Cn1cc(CNCc2ccnn2C)cn1. The standard InChI is InChI=1S/C11H15N5/c1-3-16-9-10(7-14-16)6-12-8-11-4-5-13-15(11)2/h3-5,7,9,12H,1,6,8H2,2H3. The summed E-state index contributed by atoms with van der Waals surface area (Å²) in [4.78, 5) is 0. The summed E-state index contributed by atoms with van der Waals surface area (Å²) < 4.78 is 3.56. The molecule has 16 heavy (non-hydrogen) atoms. The molecule has 0 fully saturated rings. The zero-order valence-electron chi connectivity index (χ0n) is 9.30. The lowest BCUT2D eigenvalue weighted by Gasteiger charge is -2.03. The average Bonchev–Trinajstić information content (AvgIpc) is 2.89. The van der Waals surface area contributed by atoms with Crippen LogP contribution in [0.5, 0.6) is 0 Å². The second kappa shape index (κ2) is 4.76. The van der Waals surface area contributed by atoms with E-state index in [0.717, 1.165) is 24.3 Å². The van der Waals surface area contributed by atoms with Gasteiger partial charge in [0, 0.05) is 44.3 Å². The summed E-state index contributed by atoms with van der Waals surface area (Å²) in [7, 11) is 1.94. The summed E-state index contributed by atoms with van der Waals surface area (Å²) >= 11 is 0. The van der Waals surface area contributed by atoms with Crippen molar-refractivity contribution in [2.75, 3.05) is 0 Å². The first kappa shape index (κ1) is 10.6. The highest BCUT2D eigenvalue weighted by Crippen LogP contribution is 1.99. The van der Waals surface area contributed by atoms with Crippen molar-refractivity contribution in [3.8, 4) is 0 Å². The molecule has 2 rings (SSSR count). The van der Waals surface area contributed by atoms with Crippen molar-refractivity contribution in [3.63, 3.8) is 0 Å². The number of aryl methyl sites for hydroxylation is 1. The van der Waals surface area contributed by atoms with Crippen molar-refractivity contribution in [2.45, 2.75) is 13.1 Å². The normalized spacial score (nSPS) is 10.6. The Hall–Kier alpha value is -1.88. The van der Waals surface area contributed by atoms with Crippen LogP contribution in [0.3, 0.4) is 0 Å². The van der Waals surface area contributed by atoms with Crippen LogP contribution in [0.15, 0.2) is 31.2 Å². The molecular weight excluding hydrogens is 202 g/mol. The Balaban J connectivity index is 1.84. The predicted octanol–water partition coefficient (Wildman–Crippen LogP) is 1.01. The van der Waals surface area contributed by atoms with Crippen LogP contribution in [0.2, 0.25) is 0 Å². The van der Waals surface area contributed by atoms with Gasteiger partial charge >= 0.3 is 0 Å². The molecule has 0 aromatic carbocycles. The highest BCUT2D eigenvalue weighted by molar-refractivity contribution is 5.17. The number of aromatic nitrogens is 4. The first-order chi connectivity index (χ1) is 7.79. The summed E-state index contributed by atoms with van der Waals surface area (Å²) in [6, 6.07) is 2.00. The van der Waals surface area contributed by atoms with Crippen molar-refractivity contribution in [2.24, 2.45) is 7.05 Å². The maximum Gasteiger partial charge on any atom is 0.0538 e. The largest absolute Gasteiger partial charge is 0.307 e. The summed E-state index contributed by atoms with van der Waals surface area (Å²) in [5.74, 6) is 0. The Morgan fingerprint density at radius 1 is 1.44 bits per heavy atom. The maximum atomic E-state index is 4.11. The van der Waals surface area contributed by atoms with E-state index in [-0.39, 0.29) is 0 Å². The van der Waals surface area contributed by atoms with Gasteiger partial charge in [0.2, 0.25) is 0 Å². The van der Waals surface area contributed by atoms with Crippen LogP contribution in [0.1, 0.15) is 11.3 Å². The third kappa shape index (κ3) is 2.38. The molecule has 84 valence electrons. The Bertz CT molecular complexity index is 468. The third-order valence-corrected chi connectivity index (χ3v) is 2.40. The molecule has 2 aromatic heterocycles. The Morgan fingerprint density at radius 3 is 2.94 bits per heavy atom. The second-order valence-corrected chi connectivity index (χ2v) is 3.56. The molecule has 0 spiro atoms. The van der Waals surface area contributed by atoms with E-state index >= 15 is 0 Å². The molecule has 0 unspecified atom stereocenters. The van der Waals surface area contributed by atoms with Gasteiger partial charge in [-0.15, -0.1) is 0 Å². The summed E-state index contributed by atoms with van der Waals surface area (Å²) in [5.41, 5.74) is 2.30. The molecule has 0 aliphatic rings. The van der Waals surface area contributed by atoms with E-state index in [1.807, 2.05) is 30.2 Å². The molecule has 0 radical (unpaired) electrons.